The summed E-state index contributed by atoms with van der Waals surface area (Å²) in [6, 6.07) is 16.7. The topological polar surface area (TPSA) is 88.0 Å². The number of aliphatic carboxylic acids is 1. The molecule has 142 valence electrons. The van der Waals surface area contributed by atoms with E-state index in [-0.39, 0.29) is 5.91 Å². The molecule has 1 aromatic heterocycles. The normalized spacial score (nSPS) is 10.8. The highest BCUT2D eigenvalue weighted by Crippen LogP contribution is 2.28. The maximum Gasteiger partial charge on any atom is 0.341 e. The van der Waals surface area contributed by atoms with Gasteiger partial charge in [-0.3, -0.25) is 4.79 Å². The van der Waals surface area contributed by atoms with Gasteiger partial charge in [0.25, 0.3) is 5.91 Å². The van der Waals surface area contributed by atoms with Gasteiger partial charge in [-0.15, -0.1) is 11.3 Å². The van der Waals surface area contributed by atoms with Gasteiger partial charge in [-0.2, -0.15) is 5.10 Å². The number of hydrogen-bond donors (Lipinski definition) is 2. The summed E-state index contributed by atoms with van der Waals surface area (Å²) in [6.45, 7) is 1.56. The van der Waals surface area contributed by atoms with Gasteiger partial charge in [-0.05, 0) is 36.1 Å². The van der Waals surface area contributed by atoms with Crippen molar-refractivity contribution in [1.29, 1.82) is 0 Å². The lowest BCUT2D eigenvalue weighted by Gasteiger charge is -2.06. The van der Waals surface area contributed by atoms with Crippen molar-refractivity contribution in [2.75, 3.05) is 6.61 Å². The molecule has 3 rings (SSSR count). The van der Waals surface area contributed by atoms with E-state index in [0.717, 1.165) is 16.7 Å². The lowest BCUT2D eigenvalue weighted by atomic mass is 10.1. The minimum Gasteiger partial charge on any atom is -0.481 e. The Morgan fingerprint density at radius 1 is 1.14 bits per heavy atom. The van der Waals surface area contributed by atoms with Crippen molar-refractivity contribution < 1.29 is 19.4 Å². The van der Waals surface area contributed by atoms with Crippen molar-refractivity contribution in [3.8, 4) is 16.9 Å². The summed E-state index contributed by atoms with van der Waals surface area (Å²) in [5.74, 6) is -1.01. The second kappa shape index (κ2) is 8.96. The third-order valence-corrected chi connectivity index (χ3v) is 4.79. The highest BCUT2D eigenvalue weighted by Gasteiger charge is 2.14. The van der Waals surface area contributed by atoms with Gasteiger partial charge in [-0.25, -0.2) is 10.2 Å². The third-order valence-electron chi connectivity index (χ3n) is 3.87. The van der Waals surface area contributed by atoms with Crippen LogP contribution < -0.4 is 10.2 Å². The van der Waals surface area contributed by atoms with E-state index in [1.807, 2.05) is 42.6 Å². The van der Waals surface area contributed by atoms with E-state index in [2.05, 4.69) is 10.5 Å². The lowest BCUT2D eigenvalue weighted by molar-refractivity contribution is -0.139. The summed E-state index contributed by atoms with van der Waals surface area (Å²) < 4.78 is 5.21. The van der Waals surface area contributed by atoms with Gasteiger partial charge >= 0.3 is 5.97 Å². The summed E-state index contributed by atoms with van der Waals surface area (Å²) in [7, 11) is 0. The van der Waals surface area contributed by atoms with Crippen LogP contribution in [0.15, 0.2) is 65.1 Å². The molecule has 0 spiro atoms. The molecule has 1 amide bonds. The largest absolute Gasteiger partial charge is 0.481 e. The standard InChI is InChI=1S/C21H18N2O4S/c1-14-6-8-15(9-7-14)17-10-11-28-20(17)21(26)23-22-12-16-4-2-3-5-18(16)27-13-19(24)25/h2-12H,13H2,1H3,(H,23,26)(H,24,25)/b22-12-. The molecule has 28 heavy (non-hydrogen) atoms. The first-order valence-electron chi connectivity index (χ1n) is 8.46. The fourth-order valence-corrected chi connectivity index (χ4v) is 3.32. The Morgan fingerprint density at radius 2 is 1.89 bits per heavy atom. The zero-order chi connectivity index (χ0) is 19.9. The Bertz CT molecular complexity index is 1010. The number of carbonyl (C=O) groups is 2. The monoisotopic (exact) mass is 394 g/mol. The zero-order valence-corrected chi connectivity index (χ0v) is 15.9. The fraction of sp³-hybridized carbons (Fsp3) is 0.0952. The number of hydrazone groups is 1. The molecule has 0 bridgehead atoms. The van der Waals surface area contributed by atoms with E-state index in [4.69, 9.17) is 9.84 Å². The van der Waals surface area contributed by atoms with Gasteiger partial charge in [-0.1, -0.05) is 42.0 Å². The van der Waals surface area contributed by atoms with Crippen molar-refractivity contribution in [1.82, 2.24) is 5.43 Å². The number of ether oxygens (including phenoxy) is 1. The molecule has 0 radical (unpaired) electrons. The van der Waals surface area contributed by atoms with Gasteiger partial charge in [0.1, 0.15) is 10.6 Å². The molecule has 3 aromatic rings. The fourth-order valence-electron chi connectivity index (χ4n) is 2.51. The van der Waals surface area contributed by atoms with Crippen molar-refractivity contribution in [2.45, 2.75) is 6.92 Å². The smallest absolute Gasteiger partial charge is 0.341 e. The van der Waals surface area contributed by atoms with Crippen LogP contribution >= 0.6 is 11.3 Å². The molecule has 0 aliphatic carbocycles. The molecule has 2 N–H and O–H groups in total. The molecule has 7 heteroatoms. The van der Waals surface area contributed by atoms with Crippen LogP contribution in [0.25, 0.3) is 11.1 Å². The first-order valence-corrected chi connectivity index (χ1v) is 9.34. The molecule has 0 saturated heterocycles. The lowest BCUT2D eigenvalue weighted by Crippen LogP contribution is -2.17. The van der Waals surface area contributed by atoms with Crippen LogP contribution in [0.5, 0.6) is 5.75 Å². The van der Waals surface area contributed by atoms with Crippen LogP contribution in [0, 0.1) is 6.92 Å². The SMILES string of the molecule is Cc1ccc(-c2ccsc2C(=O)N/N=C\c2ccccc2OCC(=O)O)cc1. The van der Waals surface area contributed by atoms with E-state index in [9.17, 15) is 9.59 Å². The van der Waals surface area contributed by atoms with Crippen molar-refractivity contribution in [2.24, 2.45) is 5.10 Å². The number of hydrogen-bond acceptors (Lipinski definition) is 5. The summed E-state index contributed by atoms with van der Waals surface area (Å²) >= 11 is 1.34. The van der Waals surface area contributed by atoms with Gasteiger partial charge < -0.3 is 9.84 Å². The van der Waals surface area contributed by atoms with Crippen LogP contribution in [0.1, 0.15) is 20.8 Å². The predicted molar refractivity (Wildman–Crippen MR) is 109 cm³/mol. The molecule has 0 atom stereocenters. The molecule has 0 aliphatic heterocycles. The minimum absolute atomic E-state index is 0.314. The summed E-state index contributed by atoms with van der Waals surface area (Å²) in [5.41, 5.74) is 6.05. The summed E-state index contributed by atoms with van der Waals surface area (Å²) in [4.78, 5) is 23.8. The molecular weight excluding hydrogens is 376 g/mol. The van der Waals surface area contributed by atoms with Gasteiger partial charge in [0, 0.05) is 11.1 Å². The van der Waals surface area contributed by atoms with Gasteiger partial charge in [0.05, 0.1) is 6.21 Å². The quantitative estimate of drug-likeness (QED) is 0.469. The second-order valence-electron chi connectivity index (χ2n) is 5.95. The number of carboxylic acid groups (broad SMARTS) is 1. The van der Waals surface area contributed by atoms with Crippen molar-refractivity contribution >= 4 is 29.4 Å². The first kappa shape index (κ1) is 19.3. The number of nitrogens with zero attached hydrogens (tertiary/aromatic N) is 1. The molecule has 0 aliphatic rings. The number of nitrogens with one attached hydrogen (secondary N) is 1. The van der Waals surface area contributed by atoms with E-state index in [1.54, 1.807) is 24.3 Å². The first-order chi connectivity index (χ1) is 13.5. The van der Waals surface area contributed by atoms with Gasteiger partial charge in [0.15, 0.2) is 6.61 Å². The number of rotatable bonds is 7. The Labute approximate surface area is 166 Å². The van der Waals surface area contributed by atoms with Crippen LogP contribution in [0.3, 0.4) is 0 Å². The van der Waals surface area contributed by atoms with Crippen LogP contribution in [0.4, 0.5) is 0 Å². The van der Waals surface area contributed by atoms with Crippen molar-refractivity contribution in [3.63, 3.8) is 0 Å². The van der Waals surface area contributed by atoms with E-state index < -0.39 is 12.6 Å². The number of benzene rings is 2. The third kappa shape index (κ3) is 4.83. The highest BCUT2D eigenvalue weighted by atomic mass is 32.1. The predicted octanol–water partition coefficient (Wildman–Crippen LogP) is 3.95. The van der Waals surface area contributed by atoms with Crippen LogP contribution in [0.2, 0.25) is 0 Å². The average molecular weight is 394 g/mol. The van der Waals surface area contributed by atoms with Crippen LogP contribution in [-0.2, 0) is 4.79 Å². The zero-order valence-electron chi connectivity index (χ0n) is 15.1. The Balaban J connectivity index is 1.71. The Kier molecular flexibility index (Phi) is 6.18. The number of amides is 1. The molecule has 1 heterocycles. The average Bonchev–Trinajstić information content (AvgIpc) is 3.17. The molecular formula is C21H18N2O4S. The molecule has 2 aromatic carbocycles. The van der Waals surface area contributed by atoms with E-state index in [0.29, 0.717) is 16.2 Å². The highest BCUT2D eigenvalue weighted by molar-refractivity contribution is 7.12. The van der Waals surface area contributed by atoms with Crippen LogP contribution in [-0.4, -0.2) is 29.8 Å². The Hall–Kier alpha value is -3.45. The second-order valence-corrected chi connectivity index (χ2v) is 6.86. The number of para-hydroxylation sites is 1. The minimum atomic E-state index is -1.07. The molecule has 6 nitrogen and oxygen atoms in total. The maximum absolute atomic E-state index is 12.5. The number of carbonyl (C=O) groups excluding carboxylic acids is 1. The number of thiophene rings is 1. The molecule has 0 saturated carbocycles. The molecule has 0 unspecified atom stereocenters. The van der Waals surface area contributed by atoms with E-state index >= 15 is 0 Å². The van der Waals surface area contributed by atoms with Gasteiger partial charge in [0.2, 0.25) is 0 Å². The summed E-state index contributed by atoms with van der Waals surface area (Å²) in [6.07, 6.45) is 1.42. The maximum atomic E-state index is 12.5. The molecule has 0 fully saturated rings. The van der Waals surface area contributed by atoms with Crippen molar-refractivity contribution in [3.05, 3.63) is 76.0 Å². The van der Waals surface area contributed by atoms with E-state index in [1.165, 1.54) is 17.6 Å². The number of carboxylic acids is 1. The number of aryl methyl sites for hydroxylation is 1. The summed E-state index contributed by atoms with van der Waals surface area (Å²) in [5, 5.41) is 14.6. The Morgan fingerprint density at radius 3 is 2.64 bits per heavy atom.